The van der Waals surface area contributed by atoms with E-state index in [9.17, 15) is 0 Å². The molecule has 103 valence electrons. The zero-order chi connectivity index (χ0) is 10.3. The number of hydrogen-bond acceptors (Lipinski definition) is 3. The van der Waals surface area contributed by atoms with Gasteiger partial charge in [-0.25, -0.2) is 0 Å². The molecule has 0 fully saturated rings. The van der Waals surface area contributed by atoms with Crippen LogP contribution in [0, 0.1) is 0 Å². The van der Waals surface area contributed by atoms with Gasteiger partial charge in [-0.15, -0.1) is 0 Å². The quantitative estimate of drug-likeness (QED) is 0.195. The summed E-state index contributed by atoms with van der Waals surface area (Å²) in [4.78, 5) is 1.90. The second kappa shape index (κ2) is 17.8. The van der Waals surface area contributed by atoms with Gasteiger partial charge in [-0.05, 0) is 0 Å². The van der Waals surface area contributed by atoms with Gasteiger partial charge in [-0.1, -0.05) is 0 Å². The SMILES string of the molecule is CN(C)C([S-])=[N+](C)C.N.N.[Cl-].[Cl][Pt]([Cl])[Cl]. The summed E-state index contributed by atoms with van der Waals surface area (Å²) in [6.45, 7) is 0. The molecule has 0 rings (SSSR count). The van der Waals surface area contributed by atoms with Gasteiger partial charge in [0.25, 0.3) is 0 Å². The number of hydrogen-bond donors (Lipinski definition) is 2. The molecule has 0 amide bonds. The fraction of sp³-hybridized carbons (Fsp3) is 0.800. The van der Waals surface area contributed by atoms with Gasteiger partial charge in [-0.2, -0.15) is 0 Å². The third-order valence-corrected chi connectivity index (χ3v) is 1.50. The van der Waals surface area contributed by atoms with E-state index < -0.39 is 14.2 Å². The molecule has 0 spiro atoms. The molecule has 0 saturated carbocycles. The second-order valence-corrected chi connectivity index (χ2v) is 12.4. The Kier molecular flexibility index (Phi) is 35.6. The van der Waals surface area contributed by atoms with Crippen molar-refractivity contribution >= 4 is 46.1 Å². The zero-order valence-electron chi connectivity index (χ0n) is 9.04. The molecule has 0 unspecified atom stereocenters. The van der Waals surface area contributed by atoms with Crippen molar-refractivity contribution < 1.29 is 31.2 Å². The molecule has 0 atom stereocenters. The molecular weight excluding hydrogens is 485 g/mol. The first kappa shape index (κ1) is 30.0. The Morgan fingerprint density at radius 1 is 1.13 bits per heavy atom. The van der Waals surface area contributed by atoms with E-state index in [1.165, 1.54) is 0 Å². The summed E-state index contributed by atoms with van der Waals surface area (Å²) in [5.41, 5.74) is 0. The first-order valence-corrected chi connectivity index (χ1v) is 11.7. The van der Waals surface area contributed by atoms with E-state index in [0.717, 1.165) is 5.17 Å². The molecule has 4 nitrogen and oxygen atoms in total. The van der Waals surface area contributed by atoms with Crippen LogP contribution in [0.2, 0.25) is 0 Å². The normalized spacial score (nSPS) is 7.53. The molecule has 6 N–H and O–H groups in total. The third-order valence-electron chi connectivity index (χ3n) is 0.765. The van der Waals surface area contributed by atoms with Gasteiger partial charge < -0.3 is 37.3 Å². The van der Waals surface area contributed by atoms with Crippen LogP contribution in [0.25, 0.3) is 0 Å². The molecule has 0 aromatic carbocycles. The molecule has 15 heavy (non-hydrogen) atoms. The molecule has 0 heterocycles. The summed E-state index contributed by atoms with van der Waals surface area (Å²) in [5, 5.41) is 0.852. The van der Waals surface area contributed by atoms with E-state index in [-0.39, 0.29) is 24.7 Å². The van der Waals surface area contributed by atoms with Gasteiger partial charge in [-0.3, -0.25) is 9.48 Å². The summed E-state index contributed by atoms with van der Waals surface area (Å²) in [5.74, 6) is 0. The summed E-state index contributed by atoms with van der Waals surface area (Å²) in [6.07, 6.45) is 0. The molecule has 0 aliphatic heterocycles. The third kappa shape index (κ3) is 31.3. The first-order valence-electron chi connectivity index (χ1n) is 2.80. The molecule has 10 heteroatoms. The molecule has 0 aromatic heterocycles. The summed E-state index contributed by atoms with van der Waals surface area (Å²) < 4.78 is 1.90. The molecule has 0 aliphatic carbocycles. The van der Waals surface area contributed by atoms with Crippen molar-refractivity contribution in [1.29, 1.82) is 0 Å². The van der Waals surface area contributed by atoms with Crippen LogP contribution in [0.4, 0.5) is 0 Å². The van der Waals surface area contributed by atoms with Crippen LogP contribution >= 0.6 is 28.3 Å². The van der Waals surface area contributed by atoms with Crippen molar-refractivity contribution in [3.8, 4) is 0 Å². The van der Waals surface area contributed by atoms with E-state index in [4.69, 9.17) is 40.9 Å². The van der Waals surface area contributed by atoms with Crippen LogP contribution in [0.5, 0.6) is 0 Å². The van der Waals surface area contributed by atoms with Crippen molar-refractivity contribution in [1.82, 2.24) is 17.2 Å². The van der Waals surface area contributed by atoms with Crippen LogP contribution in [-0.4, -0.2) is 42.8 Å². The fourth-order valence-corrected chi connectivity index (χ4v) is 0.400. The van der Waals surface area contributed by atoms with Gasteiger partial charge in [0.2, 0.25) is 0 Å². The van der Waals surface area contributed by atoms with E-state index in [1.807, 2.05) is 37.7 Å². The van der Waals surface area contributed by atoms with E-state index >= 15 is 0 Å². The molecule has 0 saturated heterocycles. The van der Waals surface area contributed by atoms with Crippen molar-refractivity contribution in [3.05, 3.63) is 0 Å². The van der Waals surface area contributed by atoms with Crippen molar-refractivity contribution in [3.63, 3.8) is 0 Å². The molecule has 0 aliphatic rings. The average molecular weight is 503 g/mol. The molecule has 0 radical (unpaired) electrons. The molecular formula is C5H18Cl4N4PtS-. The summed E-state index contributed by atoms with van der Waals surface area (Å²) in [7, 11) is 22.6. The van der Waals surface area contributed by atoms with Crippen molar-refractivity contribution in [2.24, 2.45) is 0 Å². The zero-order valence-corrected chi connectivity index (χ0v) is 15.2. The van der Waals surface area contributed by atoms with Gasteiger partial charge in [0.1, 0.15) is 5.17 Å². The predicted octanol–water partition coefficient (Wildman–Crippen LogP) is -0.883. The predicted molar refractivity (Wildman–Crippen MR) is 65.8 cm³/mol. The minimum atomic E-state index is -1.85. The van der Waals surface area contributed by atoms with Crippen LogP contribution in [-0.2, 0) is 26.8 Å². The number of halogens is 4. The maximum atomic E-state index is 4.96. The fourth-order valence-electron chi connectivity index (χ4n) is 0.400. The molecule has 0 aromatic rings. The second-order valence-electron chi connectivity index (χ2n) is 2.21. The Balaban J connectivity index is -0.0000000424. The monoisotopic (exact) mass is 501 g/mol. The minimum absolute atomic E-state index is 0. The van der Waals surface area contributed by atoms with Crippen molar-refractivity contribution in [2.45, 2.75) is 0 Å². The molecule has 0 bridgehead atoms. The summed E-state index contributed by atoms with van der Waals surface area (Å²) >= 11 is 3.10. The van der Waals surface area contributed by atoms with Crippen LogP contribution in [0.3, 0.4) is 0 Å². The Bertz CT molecular complexity index is 151. The van der Waals surface area contributed by atoms with Gasteiger partial charge in [0, 0.05) is 0 Å². The maximum absolute atomic E-state index is 4.96. The Labute approximate surface area is 122 Å². The van der Waals surface area contributed by atoms with Gasteiger partial charge in [0.05, 0.1) is 28.2 Å². The Morgan fingerprint density at radius 3 is 1.33 bits per heavy atom. The number of nitrogens with zero attached hydrogens (tertiary/aromatic N) is 2. The number of rotatable bonds is 0. The van der Waals surface area contributed by atoms with E-state index in [2.05, 4.69) is 0 Å². The average Bonchev–Trinajstić information content (AvgIpc) is 1.84. The van der Waals surface area contributed by atoms with E-state index in [1.54, 1.807) is 0 Å². The van der Waals surface area contributed by atoms with E-state index in [0.29, 0.717) is 0 Å². The standard InChI is InChI=1S/C5H12N2S.4ClH.2H3N.Pt/c1-6(2)5(8)7(3)4;;;;;;;/h1-4H3;4*1H;2*1H3;/q;;;;;;;+3/p-4. The van der Waals surface area contributed by atoms with Crippen LogP contribution in [0.15, 0.2) is 0 Å². The number of amidine groups is 1. The first-order chi connectivity index (χ1) is 5.29. The Morgan fingerprint density at radius 2 is 1.33 bits per heavy atom. The van der Waals surface area contributed by atoms with Crippen molar-refractivity contribution in [2.75, 3.05) is 28.2 Å². The van der Waals surface area contributed by atoms with Crippen LogP contribution in [0.1, 0.15) is 0 Å². The van der Waals surface area contributed by atoms with Crippen LogP contribution < -0.4 is 24.7 Å². The Hall–Kier alpha value is 1.46. The van der Waals surface area contributed by atoms with Gasteiger partial charge >= 0.3 is 42.4 Å². The van der Waals surface area contributed by atoms with Gasteiger partial charge in [0.15, 0.2) is 0 Å². The summed E-state index contributed by atoms with van der Waals surface area (Å²) in [6, 6.07) is 0. The topological polar surface area (TPSA) is 76.2 Å².